The summed E-state index contributed by atoms with van der Waals surface area (Å²) in [5, 5.41) is 0. The number of rotatable bonds is 0. The number of likely N-dealkylation sites (tertiary alicyclic amines) is 1. The third-order valence-corrected chi connectivity index (χ3v) is 6.48. The summed E-state index contributed by atoms with van der Waals surface area (Å²) in [7, 11) is 0.537. The minimum absolute atomic E-state index is 0.00315. The molecule has 0 saturated carbocycles. The quantitative estimate of drug-likeness (QED) is 0.719. The predicted molar refractivity (Wildman–Crippen MR) is 74.7 cm³/mol. The summed E-state index contributed by atoms with van der Waals surface area (Å²) >= 11 is 0. The number of likely N-dealkylation sites (N-methyl/N-ethyl adjacent to an activating group) is 1. The third-order valence-electron chi connectivity index (χ3n) is 4.62. The van der Waals surface area contributed by atoms with Gasteiger partial charge in [-0.25, -0.2) is 12.7 Å². The molecular weight excluding hydrogens is 260 g/mol. The Hall–Kier alpha value is -0.910. The van der Waals surface area contributed by atoms with E-state index >= 15 is 0 Å². The molecule has 0 aliphatic carbocycles. The highest BCUT2D eigenvalue weighted by atomic mass is 32.2. The minimum Gasteiger partial charge on any atom is -0.306 e. The molecule has 0 N–H and O–H groups in total. The van der Waals surface area contributed by atoms with Crippen LogP contribution in [-0.2, 0) is 15.4 Å². The topological polar surface area (TPSA) is 40.6 Å². The molecule has 0 unspecified atom stereocenters. The van der Waals surface area contributed by atoms with Crippen molar-refractivity contribution in [3.8, 4) is 0 Å². The molecule has 0 bridgehead atoms. The van der Waals surface area contributed by atoms with Crippen LogP contribution in [0, 0.1) is 0 Å². The van der Waals surface area contributed by atoms with E-state index in [0.717, 1.165) is 31.5 Å². The summed E-state index contributed by atoms with van der Waals surface area (Å²) in [6, 6.07) is 7.53. The maximum absolute atomic E-state index is 12.4. The Labute approximate surface area is 115 Å². The summed E-state index contributed by atoms with van der Waals surface area (Å²) in [6.45, 7) is 2.67. The van der Waals surface area contributed by atoms with Crippen LogP contribution in [0.2, 0.25) is 0 Å². The van der Waals surface area contributed by atoms with Crippen molar-refractivity contribution >= 4 is 10.0 Å². The fourth-order valence-corrected chi connectivity index (χ4v) is 4.93. The predicted octanol–water partition coefficient (Wildman–Crippen LogP) is 1.28. The lowest BCUT2D eigenvalue weighted by Gasteiger charge is -2.46. The van der Waals surface area contributed by atoms with E-state index in [2.05, 4.69) is 11.9 Å². The van der Waals surface area contributed by atoms with Crippen molar-refractivity contribution in [2.24, 2.45) is 0 Å². The van der Waals surface area contributed by atoms with Gasteiger partial charge in [-0.05, 0) is 44.6 Å². The monoisotopic (exact) mass is 280 g/mol. The van der Waals surface area contributed by atoms with Gasteiger partial charge in [0.15, 0.2) is 0 Å². The number of hydrogen-bond donors (Lipinski definition) is 0. The summed E-state index contributed by atoms with van der Waals surface area (Å²) in [5.74, 6) is 0. The van der Waals surface area contributed by atoms with E-state index in [9.17, 15) is 8.42 Å². The molecule has 0 aromatic heterocycles. The third kappa shape index (κ3) is 1.91. The molecule has 104 valence electrons. The SMILES string of the molecule is CN1CCC2(CC1)CN(C)S(=O)(=O)c1ccccc12. The van der Waals surface area contributed by atoms with Crippen LogP contribution in [0.4, 0.5) is 0 Å². The smallest absolute Gasteiger partial charge is 0.243 e. The first-order valence-electron chi connectivity index (χ1n) is 6.70. The molecule has 4 nitrogen and oxygen atoms in total. The number of sulfonamides is 1. The Bertz CT molecular complexity index is 589. The zero-order valence-corrected chi connectivity index (χ0v) is 12.3. The highest BCUT2D eigenvalue weighted by molar-refractivity contribution is 7.89. The first kappa shape index (κ1) is 13.1. The van der Waals surface area contributed by atoms with E-state index < -0.39 is 10.0 Å². The lowest BCUT2D eigenvalue weighted by molar-refractivity contribution is 0.160. The van der Waals surface area contributed by atoms with Crippen molar-refractivity contribution in [1.29, 1.82) is 0 Å². The number of hydrogen-bond acceptors (Lipinski definition) is 3. The van der Waals surface area contributed by atoms with Crippen LogP contribution in [0.1, 0.15) is 18.4 Å². The van der Waals surface area contributed by atoms with Gasteiger partial charge in [-0.3, -0.25) is 0 Å². The van der Waals surface area contributed by atoms with Gasteiger partial charge in [-0.1, -0.05) is 18.2 Å². The number of nitrogens with zero attached hydrogens (tertiary/aromatic N) is 2. The van der Waals surface area contributed by atoms with Crippen LogP contribution in [0.15, 0.2) is 29.2 Å². The van der Waals surface area contributed by atoms with Crippen LogP contribution < -0.4 is 0 Å². The summed E-state index contributed by atoms with van der Waals surface area (Å²) < 4.78 is 26.3. The molecule has 1 fully saturated rings. The van der Waals surface area contributed by atoms with E-state index in [1.54, 1.807) is 13.1 Å². The first-order chi connectivity index (χ1) is 8.96. The van der Waals surface area contributed by atoms with Crippen LogP contribution >= 0.6 is 0 Å². The van der Waals surface area contributed by atoms with Gasteiger partial charge in [-0.15, -0.1) is 0 Å². The van der Waals surface area contributed by atoms with Gasteiger partial charge in [0.2, 0.25) is 10.0 Å². The molecule has 5 heteroatoms. The molecule has 19 heavy (non-hydrogen) atoms. The van der Waals surface area contributed by atoms with Crippen LogP contribution in [0.5, 0.6) is 0 Å². The average molecular weight is 280 g/mol. The van der Waals surface area contributed by atoms with Crippen molar-refractivity contribution in [3.63, 3.8) is 0 Å². The largest absolute Gasteiger partial charge is 0.306 e. The van der Waals surface area contributed by atoms with Crippen molar-refractivity contribution in [2.45, 2.75) is 23.2 Å². The van der Waals surface area contributed by atoms with E-state index in [4.69, 9.17) is 0 Å². The van der Waals surface area contributed by atoms with Gasteiger partial charge in [0.25, 0.3) is 0 Å². The fourth-order valence-electron chi connectivity index (χ4n) is 3.37. The van der Waals surface area contributed by atoms with Crippen LogP contribution in [0.3, 0.4) is 0 Å². The number of piperidine rings is 1. The van der Waals surface area contributed by atoms with Gasteiger partial charge in [0.1, 0.15) is 0 Å². The Morgan fingerprint density at radius 2 is 1.74 bits per heavy atom. The molecule has 1 aromatic rings. The number of fused-ring (bicyclic) bond motifs is 2. The van der Waals surface area contributed by atoms with Crippen molar-refractivity contribution in [2.75, 3.05) is 33.7 Å². The molecule has 3 rings (SSSR count). The van der Waals surface area contributed by atoms with Crippen molar-refractivity contribution < 1.29 is 8.42 Å². The Balaban J connectivity index is 2.14. The summed E-state index contributed by atoms with van der Waals surface area (Å²) in [5.41, 5.74) is 1.03. The van der Waals surface area contributed by atoms with Gasteiger partial charge >= 0.3 is 0 Å². The normalized spacial score (nSPS) is 26.2. The Morgan fingerprint density at radius 1 is 1.11 bits per heavy atom. The minimum atomic E-state index is -3.29. The van der Waals surface area contributed by atoms with Crippen molar-refractivity contribution in [1.82, 2.24) is 9.21 Å². The molecule has 2 heterocycles. The first-order valence-corrected chi connectivity index (χ1v) is 8.14. The molecule has 1 spiro atoms. The molecule has 2 aliphatic heterocycles. The molecule has 1 aromatic carbocycles. The standard InChI is InChI=1S/C14H20N2O2S/c1-15-9-7-14(8-10-15)11-16(2)19(17,18)13-6-4-3-5-12(13)14/h3-6H,7-11H2,1-2H3. The zero-order chi connectivity index (χ0) is 13.7. The number of benzene rings is 1. The Morgan fingerprint density at radius 3 is 2.42 bits per heavy atom. The van der Waals surface area contributed by atoms with Gasteiger partial charge < -0.3 is 4.90 Å². The van der Waals surface area contributed by atoms with Gasteiger partial charge in [-0.2, -0.15) is 0 Å². The lowest BCUT2D eigenvalue weighted by atomic mass is 9.72. The molecule has 0 atom stereocenters. The molecular formula is C14H20N2O2S. The maximum atomic E-state index is 12.4. The zero-order valence-electron chi connectivity index (χ0n) is 11.5. The lowest BCUT2D eigenvalue weighted by Crippen LogP contribution is -2.52. The van der Waals surface area contributed by atoms with E-state index in [1.165, 1.54) is 4.31 Å². The van der Waals surface area contributed by atoms with Gasteiger partial charge in [0.05, 0.1) is 4.90 Å². The molecule has 0 amide bonds. The molecule has 0 radical (unpaired) electrons. The molecule has 2 aliphatic rings. The molecule has 1 saturated heterocycles. The van der Waals surface area contributed by atoms with Gasteiger partial charge in [0, 0.05) is 19.0 Å². The van der Waals surface area contributed by atoms with Crippen molar-refractivity contribution in [3.05, 3.63) is 29.8 Å². The fraction of sp³-hybridized carbons (Fsp3) is 0.571. The maximum Gasteiger partial charge on any atom is 0.243 e. The second-order valence-corrected chi connectivity index (χ2v) is 7.85. The second-order valence-electron chi connectivity index (χ2n) is 5.84. The summed E-state index contributed by atoms with van der Waals surface area (Å²) in [6.07, 6.45) is 2.06. The average Bonchev–Trinajstić information content (AvgIpc) is 2.40. The van der Waals surface area contributed by atoms with Crippen LogP contribution in [-0.4, -0.2) is 51.4 Å². The van der Waals surface area contributed by atoms with E-state index in [1.807, 2.05) is 18.2 Å². The van der Waals surface area contributed by atoms with Crippen LogP contribution in [0.25, 0.3) is 0 Å². The van der Waals surface area contributed by atoms with E-state index in [-0.39, 0.29) is 5.41 Å². The Kier molecular flexibility index (Phi) is 2.96. The highest BCUT2D eigenvalue weighted by Gasteiger charge is 2.45. The summed E-state index contributed by atoms with van der Waals surface area (Å²) in [4.78, 5) is 2.82. The van der Waals surface area contributed by atoms with E-state index in [0.29, 0.717) is 11.4 Å². The highest BCUT2D eigenvalue weighted by Crippen LogP contribution is 2.43. The second kappa shape index (κ2) is 4.30.